The highest BCUT2D eigenvalue weighted by Gasteiger charge is 2.22. The summed E-state index contributed by atoms with van der Waals surface area (Å²) < 4.78 is 26.5. The average molecular weight is 222 g/mol. The van der Waals surface area contributed by atoms with Gasteiger partial charge < -0.3 is 10.8 Å². The van der Waals surface area contributed by atoms with Gasteiger partial charge in [-0.25, -0.2) is 8.78 Å². The molecular formula is C9H10ClF2NO. The molecule has 1 aromatic carbocycles. The Kier molecular flexibility index (Phi) is 3.42. The van der Waals surface area contributed by atoms with Crippen molar-refractivity contribution in [2.45, 2.75) is 19.1 Å². The summed E-state index contributed by atoms with van der Waals surface area (Å²) in [7, 11) is 0. The van der Waals surface area contributed by atoms with Crippen molar-refractivity contribution < 1.29 is 13.9 Å². The minimum absolute atomic E-state index is 0.211. The van der Waals surface area contributed by atoms with Crippen LogP contribution in [0.15, 0.2) is 12.1 Å². The van der Waals surface area contributed by atoms with E-state index in [4.69, 9.17) is 22.4 Å². The van der Waals surface area contributed by atoms with E-state index in [1.165, 1.54) is 6.92 Å². The fourth-order valence-corrected chi connectivity index (χ4v) is 1.25. The van der Waals surface area contributed by atoms with Crippen molar-refractivity contribution in [3.8, 4) is 0 Å². The van der Waals surface area contributed by atoms with Gasteiger partial charge in [-0.3, -0.25) is 0 Å². The smallest absolute Gasteiger partial charge is 0.149 e. The van der Waals surface area contributed by atoms with E-state index in [0.29, 0.717) is 0 Å². The van der Waals surface area contributed by atoms with E-state index in [9.17, 15) is 8.78 Å². The van der Waals surface area contributed by atoms with Crippen LogP contribution in [0.5, 0.6) is 0 Å². The number of nitrogens with two attached hydrogens (primary N) is 1. The summed E-state index contributed by atoms with van der Waals surface area (Å²) in [4.78, 5) is 0. The van der Waals surface area contributed by atoms with Crippen molar-refractivity contribution >= 4 is 11.6 Å². The Morgan fingerprint density at radius 2 is 2.00 bits per heavy atom. The predicted octanol–water partition coefficient (Wildman–Crippen LogP) is 2.00. The van der Waals surface area contributed by atoms with Crippen molar-refractivity contribution in [1.82, 2.24) is 0 Å². The first-order chi connectivity index (χ1) is 6.45. The van der Waals surface area contributed by atoms with E-state index in [2.05, 4.69) is 0 Å². The van der Waals surface area contributed by atoms with Gasteiger partial charge in [0.25, 0.3) is 0 Å². The number of aliphatic hydroxyl groups is 1. The van der Waals surface area contributed by atoms with E-state index >= 15 is 0 Å². The monoisotopic (exact) mass is 221 g/mol. The zero-order valence-corrected chi connectivity index (χ0v) is 8.22. The van der Waals surface area contributed by atoms with Crippen LogP contribution in [-0.2, 0) is 0 Å². The molecule has 0 spiro atoms. The fourth-order valence-electron chi connectivity index (χ4n) is 1.09. The van der Waals surface area contributed by atoms with Gasteiger partial charge in [-0.2, -0.15) is 0 Å². The lowest BCUT2D eigenvalue weighted by Gasteiger charge is -2.16. The normalized spacial score (nSPS) is 15.3. The molecule has 1 aromatic rings. The van der Waals surface area contributed by atoms with Gasteiger partial charge in [0.1, 0.15) is 11.6 Å². The molecule has 0 radical (unpaired) electrons. The van der Waals surface area contributed by atoms with Gasteiger partial charge in [-0.05, 0) is 19.1 Å². The zero-order valence-electron chi connectivity index (χ0n) is 7.47. The van der Waals surface area contributed by atoms with Gasteiger partial charge in [0, 0.05) is 5.56 Å². The summed E-state index contributed by atoms with van der Waals surface area (Å²) in [6, 6.07) is 1.00. The first-order valence-electron chi connectivity index (χ1n) is 4.02. The lowest BCUT2D eigenvalue weighted by molar-refractivity contribution is 0.160. The highest BCUT2D eigenvalue weighted by atomic mass is 35.5. The van der Waals surface area contributed by atoms with Crippen LogP contribution in [0.2, 0.25) is 5.02 Å². The molecule has 2 atom stereocenters. The molecule has 14 heavy (non-hydrogen) atoms. The minimum Gasteiger partial charge on any atom is -0.391 e. The molecule has 0 aromatic heterocycles. The van der Waals surface area contributed by atoms with Crippen molar-refractivity contribution in [2.24, 2.45) is 5.73 Å². The van der Waals surface area contributed by atoms with Crippen LogP contribution in [0.1, 0.15) is 18.5 Å². The summed E-state index contributed by atoms with van der Waals surface area (Å²) >= 11 is 5.46. The van der Waals surface area contributed by atoms with E-state index in [-0.39, 0.29) is 10.6 Å². The van der Waals surface area contributed by atoms with E-state index < -0.39 is 23.8 Å². The quantitative estimate of drug-likeness (QED) is 0.751. The topological polar surface area (TPSA) is 46.2 Å². The third-order valence-electron chi connectivity index (χ3n) is 1.93. The van der Waals surface area contributed by atoms with Crippen molar-refractivity contribution in [3.05, 3.63) is 34.4 Å². The number of hydrogen-bond acceptors (Lipinski definition) is 2. The second kappa shape index (κ2) is 4.21. The molecule has 0 bridgehead atoms. The number of halogens is 3. The van der Waals surface area contributed by atoms with E-state index in [0.717, 1.165) is 12.1 Å². The van der Waals surface area contributed by atoms with Crippen LogP contribution in [0.4, 0.5) is 8.78 Å². The Labute approximate surface area is 85.3 Å². The van der Waals surface area contributed by atoms with Gasteiger partial charge >= 0.3 is 0 Å². The van der Waals surface area contributed by atoms with Crippen LogP contribution in [0, 0.1) is 11.6 Å². The minimum atomic E-state index is -1.12. The Bertz CT molecular complexity index is 344. The molecule has 5 heteroatoms. The van der Waals surface area contributed by atoms with Gasteiger partial charge in [-0.15, -0.1) is 0 Å². The zero-order chi connectivity index (χ0) is 10.9. The van der Waals surface area contributed by atoms with Crippen LogP contribution >= 0.6 is 11.6 Å². The maximum atomic E-state index is 13.3. The number of benzene rings is 1. The van der Waals surface area contributed by atoms with E-state index in [1.54, 1.807) is 0 Å². The SMILES string of the molecule is C[C@H](O)[C@H](N)c1c(F)ccc(Cl)c1F. The molecule has 0 aliphatic heterocycles. The van der Waals surface area contributed by atoms with Crippen molar-refractivity contribution in [1.29, 1.82) is 0 Å². The summed E-state index contributed by atoms with van der Waals surface area (Å²) in [5.41, 5.74) is 5.04. The Morgan fingerprint density at radius 1 is 1.43 bits per heavy atom. The highest BCUT2D eigenvalue weighted by Crippen LogP contribution is 2.26. The Morgan fingerprint density at radius 3 is 2.50 bits per heavy atom. The molecule has 0 saturated carbocycles. The summed E-state index contributed by atoms with van der Waals surface area (Å²) in [6.07, 6.45) is -1.04. The van der Waals surface area contributed by atoms with Gasteiger partial charge in [0.05, 0.1) is 17.2 Å². The molecule has 0 saturated heterocycles. The van der Waals surface area contributed by atoms with Crippen LogP contribution in [0.25, 0.3) is 0 Å². The summed E-state index contributed by atoms with van der Waals surface area (Å²) in [5, 5.41) is 8.90. The molecule has 1 rings (SSSR count). The molecule has 0 heterocycles. The molecule has 0 fully saturated rings. The highest BCUT2D eigenvalue weighted by molar-refractivity contribution is 6.30. The Hall–Kier alpha value is -0.710. The molecule has 0 amide bonds. The molecule has 0 aliphatic rings. The average Bonchev–Trinajstić information content (AvgIpc) is 2.12. The van der Waals surface area contributed by atoms with E-state index in [1.807, 2.05) is 0 Å². The maximum Gasteiger partial charge on any atom is 0.149 e. The number of aliphatic hydroxyl groups excluding tert-OH is 1. The third kappa shape index (κ3) is 2.03. The summed E-state index contributed by atoms with van der Waals surface area (Å²) in [6.45, 7) is 1.35. The number of hydrogen-bond donors (Lipinski definition) is 2. The largest absolute Gasteiger partial charge is 0.391 e. The molecule has 2 nitrogen and oxygen atoms in total. The first-order valence-corrected chi connectivity index (χ1v) is 4.40. The Balaban J connectivity index is 3.25. The molecular weight excluding hydrogens is 212 g/mol. The molecule has 78 valence electrons. The second-order valence-corrected chi connectivity index (χ2v) is 3.43. The van der Waals surface area contributed by atoms with Crippen molar-refractivity contribution in [3.63, 3.8) is 0 Å². The number of rotatable bonds is 2. The van der Waals surface area contributed by atoms with Crippen LogP contribution < -0.4 is 5.73 Å². The second-order valence-electron chi connectivity index (χ2n) is 3.02. The first kappa shape index (κ1) is 11.4. The third-order valence-corrected chi connectivity index (χ3v) is 2.22. The van der Waals surface area contributed by atoms with Crippen molar-refractivity contribution in [2.75, 3.05) is 0 Å². The molecule has 0 unspecified atom stereocenters. The van der Waals surface area contributed by atoms with Crippen LogP contribution in [0.3, 0.4) is 0 Å². The van der Waals surface area contributed by atoms with Gasteiger partial charge in [0.15, 0.2) is 0 Å². The predicted molar refractivity (Wildman–Crippen MR) is 50.0 cm³/mol. The summed E-state index contributed by atoms with van der Waals surface area (Å²) in [5.74, 6) is -1.72. The maximum absolute atomic E-state index is 13.3. The fraction of sp³-hybridized carbons (Fsp3) is 0.333. The van der Waals surface area contributed by atoms with Gasteiger partial charge in [0.2, 0.25) is 0 Å². The molecule has 3 N–H and O–H groups in total. The molecule has 0 aliphatic carbocycles. The van der Waals surface area contributed by atoms with Gasteiger partial charge in [-0.1, -0.05) is 11.6 Å². The standard InChI is InChI=1S/C9H10ClF2NO/c1-4(14)9(13)7-6(11)3-2-5(10)8(7)12/h2-4,9,14H,13H2,1H3/t4-,9-/m0/s1. The lowest BCUT2D eigenvalue weighted by Crippen LogP contribution is -2.25. The van der Waals surface area contributed by atoms with Crippen LogP contribution in [-0.4, -0.2) is 11.2 Å². The lowest BCUT2D eigenvalue weighted by atomic mass is 10.0.